The van der Waals surface area contributed by atoms with E-state index in [0.29, 0.717) is 0 Å². The Hall–Kier alpha value is -6.03. The maximum atomic E-state index is 5.01. The van der Waals surface area contributed by atoms with Gasteiger partial charge in [-0.25, -0.2) is 0 Å². The second-order valence-corrected chi connectivity index (χ2v) is 14.4. The third-order valence-corrected chi connectivity index (χ3v) is 12.4. The zero-order valence-corrected chi connectivity index (χ0v) is 27.1. The SMILES string of the molecule is c1ccc2c(c1)-c1ccccc1C21c2ccccc2-c2ccc(-n3c4ccccc4c4c5cccnc5c5sc6ccccc6c5c43)cc21. The normalized spacial score (nSPS) is 13.9. The Bertz CT molecular complexity index is 3000. The molecule has 49 heavy (non-hydrogen) atoms. The Kier molecular flexibility index (Phi) is 4.83. The van der Waals surface area contributed by atoms with Crippen molar-refractivity contribution in [2.45, 2.75) is 5.41 Å². The zero-order chi connectivity index (χ0) is 31.8. The van der Waals surface area contributed by atoms with Crippen LogP contribution in [0.4, 0.5) is 0 Å². The van der Waals surface area contributed by atoms with Gasteiger partial charge in [-0.3, -0.25) is 4.98 Å². The summed E-state index contributed by atoms with van der Waals surface area (Å²) in [6.07, 6.45) is 1.94. The first kappa shape index (κ1) is 26.0. The number of fused-ring (bicyclic) bond motifs is 20. The van der Waals surface area contributed by atoms with Crippen LogP contribution >= 0.6 is 11.3 Å². The summed E-state index contributed by atoms with van der Waals surface area (Å²) in [6.45, 7) is 0. The molecule has 3 aromatic heterocycles. The number of hydrogen-bond donors (Lipinski definition) is 0. The molecular weight excluding hydrogens is 613 g/mol. The molecule has 3 heteroatoms. The molecule has 2 nitrogen and oxygen atoms in total. The zero-order valence-electron chi connectivity index (χ0n) is 26.3. The summed E-state index contributed by atoms with van der Waals surface area (Å²) in [6, 6.07) is 56.5. The molecule has 226 valence electrons. The average Bonchev–Trinajstić information content (AvgIpc) is 3.89. The van der Waals surface area contributed by atoms with Gasteiger partial charge in [0.15, 0.2) is 0 Å². The van der Waals surface area contributed by atoms with Gasteiger partial charge >= 0.3 is 0 Å². The fourth-order valence-electron chi connectivity index (χ4n) is 9.47. The molecule has 0 fully saturated rings. The van der Waals surface area contributed by atoms with Crippen molar-refractivity contribution in [3.8, 4) is 27.9 Å². The summed E-state index contributed by atoms with van der Waals surface area (Å²) in [7, 11) is 0. The highest BCUT2D eigenvalue weighted by atomic mass is 32.1. The first-order valence-corrected chi connectivity index (χ1v) is 17.7. The molecule has 2 aliphatic carbocycles. The van der Waals surface area contributed by atoms with Crippen LogP contribution in [0.25, 0.3) is 80.8 Å². The Labute approximate surface area is 286 Å². The van der Waals surface area contributed by atoms with Gasteiger partial charge in [0.1, 0.15) is 0 Å². The van der Waals surface area contributed by atoms with Crippen molar-refractivity contribution in [3.63, 3.8) is 0 Å². The second-order valence-electron chi connectivity index (χ2n) is 13.4. The smallest absolute Gasteiger partial charge is 0.0888 e. The van der Waals surface area contributed by atoms with Crippen LogP contribution in [0.15, 0.2) is 158 Å². The predicted octanol–water partition coefficient (Wildman–Crippen LogP) is 12.0. The number of rotatable bonds is 1. The lowest BCUT2D eigenvalue weighted by Crippen LogP contribution is -2.26. The van der Waals surface area contributed by atoms with Crippen molar-refractivity contribution in [3.05, 3.63) is 180 Å². The topological polar surface area (TPSA) is 17.8 Å². The lowest BCUT2D eigenvalue weighted by molar-refractivity contribution is 0.792. The molecule has 0 amide bonds. The Balaban J connectivity index is 1.28. The van der Waals surface area contributed by atoms with Crippen LogP contribution in [0.2, 0.25) is 0 Å². The minimum atomic E-state index is -0.394. The maximum absolute atomic E-state index is 5.01. The summed E-state index contributed by atoms with van der Waals surface area (Å²) in [4.78, 5) is 5.01. The van der Waals surface area contributed by atoms with Gasteiger partial charge in [-0.2, -0.15) is 0 Å². The lowest BCUT2D eigenvalue weighted by Gasteiger charge is -2.30. The molecule has 3 heterocycles. The molecule has 7 aromatic carbocycles. The van der Waals surface area contributed by atoms with Crippen molar-refractivity contribution in [1.29, 1.82) is 0 Å². The quantitative estimate of drug-likeness (QED) is 0.175. The van der Waals surface area contributed by atoms with Crippen LogP contribution in [0.5, 0.6) is 0 Å². The number of benzene rings is 7. The van der Waals surface area contributed by atoms with Crippen LogP contribution in [-0.2, 0) is 5.41 Å². The van der Waals surface area contributed by atoms with Gasteiger partial charge in [-0.1, -0.05) is 121 Å². The van der Waals surface area contributed by atoms with Gasteiger partial charge in [0.2, 0.25) is 0 Å². The first-order chi connectivity index (χ1) is 24.3. The van der Waals surface area contributed by atoms with E-state index in [-0.39, 0.29) is 0 Å². The standard InChI is InChI=1S/C46H26N2S/c1-6-18-35-28(12-1)29-13-2-7-19-36(29)46(35)37-20-8-3-14-30(37)31-24-23-27(26-38(31)46)48-39-21-9-4-15-32(39)41-34-17-11-25-47-43(34)45-42(44(41)48)33-16-5-10-22-40(33)49-45/h1-26H. The molecule has 2 aliphatic rings. The van der Waals surface area contributed by atoms with E-state index >= 15 is 0 Å². The van der Waals surface area contributed by atoms with E-state index in [0.717, 1.165) is 5.52 Å². The Morgan fingerprint density at radius 1 is 0.490 bits per heavy atom. The molecule has 0 saturated carbocycles. The van der Waals surface area contributed by atoms with Crippen molar-refractivity contribution in [2.24, 2.45) is 0 Å². The summed E-state index contributed by atoms with van der Waals surface area (Å²) in [5.41, 5.74) is 15.1. The van der Waals surface area contributed by atoms with Crippen molar-refractivity contribution in [1.82, 2.24) is 9.55 Å². The monoisotopic (exact) mass is 638 g/mol. The summed E-state index contributed by atoms with van der Waals surface area (Å²) >= 11 is 1.86. The largest absolute Gasteiger partial charge is 0.309 e. The van der Waals surface area contributed by atoms with Gasteiger partial charge in [0.25, 0.3) is 0 Å². The highest BCUT2D eigenvalue weighted by Gasteiger charge is 2.51. The second kappa shape index (κ2) is 9.10. The number of para-hydroxylation sites is 1. The van der Waals surface area contributed by atoms with Gasteiger partial charge in [0, 0.05) is 43.5 Å². The maximum Gasteiger partial charge on any atom is 0.0888 e. The molecule has 0 atom stereocenters. The Morgan fingerprint density at radius 3 is 1.82 bits per heavy atom. The highest BCUT2D eigenvalue weighted by molar-refractivity contribution is 7.26. The number of aromatic nitrogens is 2. The summed E-state index contributed by atoms with van der Waals surface area (Å²) in [5, 5.41) is 6.29. The van der Waals surface area contributed by atoms with Crippen molar-refractivity contribution < 1.29 is 0 Å². The molecule has 0 bridgehead atoms. The van der Waals surface area contributed by atoms with Gasteiger partial charge < -0.3 is 4.57 Å². The number of hydrogen-bond acceptors (Lipinski definition) is 2. The molecule has 12 rings (SSSR count). The fourth-order valence-corrected chi connectivity index (χ4v) is 10.7. The van der Waals surface area contributed by atoms with E-state index in [9.17, 15) is 0 Å². The van der Waals surface area contributed by atoms with Crippen LogP contribution in [-0.4, -0.2) is 9.55 Å². The van der Waals surface area contributed by atoms with Crippen molar-refractivity contribution in [2.75, 3.05) is 0 Å². The molecule has 1 spiro atoms. The molecule has 0 aliphatic heterocycles. The fraction of sp³-hybridized carbons (Fsp3) is 0.0217. The third kappa shape index (κ3) is 3.02. The molecule has 0 saturated heterocycles. The molecule has 0 radical (unpaired) electrons. The minimum absolute atomic E-state index is 0.394. The highest BCUT2D eigenvalue weighted by Crippen LogP contribution is 2.63. The number of pyridine rings is 1. The van der Waals surface area contributed by atoms with Crippen molar-refractivity contribution >= 4 is 64.2 Å². The Morgan fingerprint density at radius 2 is 1.08 bits per heavy atom. The van der Waals surface area contributed by atoms with Crippen LogP contribution in [0, 0.1) is 0 Å². The third-order valence-electron chi connectivity index (χ3n) is 11.2. The van der Waals surface area contributed by atoms with E-state index in [2.05, 4.69) is 156 Å². The van der Waals surface area contributed by atoms with E-state index < -0.39 is 5.41 Å². The van der Waals surface area contributed by atoms with E-state index in [1.807, 2.05) is 17.5 Å². The van der Waals surface area contributed by atoms with Gasteiger partial charge in [-0.05, 0) is 74.8 Å². The molecule has 10 aromatic rings. The molecule has 0 unspecified atom stereocenters. The van der Waals surface area contributed by atoms with E-state index in [1.54, 1.807) is 0 Å². The summed E-state index contributed by atoms with van der Waals surface area (Å²) < 4.78 is 5.08. The van der Waals surface area contributed by atoms with E-state index in [1.165, 1.54) is 97.6 Å². The molecule has 0 N–H and O–H groups in total. The van der Waals surface area contributed by atoms with E-state index in [4.69, 9.17) is 4.98 Å². The molecular formula is C46H26N2S. The van der Waals surface area contributed by atoms with Crippen LogP contribution < -0.4 is 0 Å². The van der Waals surface area contributed by atoms with Crippen LogP contribution in [0.1, 0.15) is 22.3 Å². The van der Waals surface area contributed by atoms with Crippen LogP contribution in [0.3, 0.4) is 0 Å². The van der Waals surface area contributed by atoms with Gasteiger partial charge in [0.05, 0.1) is 26.7 Å². The minimum Gasteiger partial charge on any atom is -0.309 e. The van der Waals surface area contributed by atoms with Gasteiger partial charge in [-0.15, -0.1) is 11.3 Å². The predicted molar refractivity (Wildman–Crippen MR) is 205 cm³/mol. The lowest BCUT2D eigenvalue weighted by atomic mass is 9.70. The number of thiophene rings is 1. The number of nitrogens with zero attached hydrogens (tertiary/aromatic N) is 2. The first-order valence-electron chi connectivity index (χ1n) is 16.9. The summed E-state index contributed by atoms with van der Waals surface area (Å²) in [5.74, 6) is 0. The average molecular weight is 639 g/mol.